The van der Waals surface area contributed by atoms with Crippen LogP contribution in [0.2, 0.25) is 0 Å². The van der Waals surface area contributed by atoms with E-state index in [4.69, 9.17) is 0 Å². The Kier molecular flexibility index (Phi) is 6.96. The summed E-state index contributed by atoms with van der Waals surface area (Å²) in [6, 6.07) is 4.37. The fraction of sp³-hybridized carbons (Fsp3) is 0.500. The van der Waals surface area contributed by atoms with Gasteiger partial charge in [-0.05, 0) is 31.9 Å². The molecule has 0 unspecified atom stereocenters. The summed E-state index contributed by atoms with van der Waals surface area (Å²) in [4.78, 5) is 11.4. The predicted octanol–water partition coefficient (Wildman–Crippen LogP) is 2.65. The summed E-state index contributed by atoms with van der Waals surface area (Å²) in [6.07, 6.45) is 7.79. The fourth-order valence-corrected chi connectivity index (χ4v) is 2.97. The van der Waals surface area contributed by atoms with Crippen LogP contribution in [0.15, 0.2) is 35.8 Å². The number of aromatic nitrogens is 2. The molecule has 0 spiro atoms. The van der Waals surface area contributed by atoms with Crippen molar-refractivity contribution >= 4 is 17.3 Å². The van der Waals surface area contributed by atoms with E-state index < -0.39 is 0 Å². The maximum Gasteiger partial charge on any atom is 0.191 e. The number of nitrogens with one attached hydrogen (secondary N) is 2. The third-order valence-electron chi connectivity index (χ3n) is 3.25. The van der Waals surface area contributed by atoms with Gasteiger partial charge in [0.25, 0.3) is 0 Å². The van der Waals surface area contributed by atoms with Gasteiger partial charge in [-0.1, -0.05) is 6.92 Å². The Bertz CT molecular complexity index is 559. The Morgan fingerprint density at radius 1 is 1.27 bits per heavy atom. The highest BCUT2D eigenvalue weighted by molar-refractivity contribution is 7.11. The Morgan fingerprint density at radius 2 is 2.14 bits per heavy atom. The first-order valence-corrected chi connectivity index (χ1v) is 8.69. The summed E-state index contributed by atoms with van der Waals surface area (Å²) in [5.74, 6) is 0.888. The molecule has 2 heterocycles. The molecule has 2 N–H and O–H groups in total. The van der Waals surface area contributed by atoms with Crippen LogP contribution in [0.5, 0.6) is 0 Å². The molecule has 2 aromatic rings. The van der Waals surface area contributed by atoms with E-state index in [2.05, 4.69) is 51.2 Å². The Labute approximate surface area is 136 Å². The van der Waals surface area contributed by atoms with Crippen molar-refractivity contribution in [3.8, 4) is 0 Å². The molecule has 120 valence electrons. The summed E-state index contributed by atoms with van der Waals surface area (Å²) < 4.78 is 2.09. The molecule has 0 atom stereocenters. The van der Waals surface area contributed by atoms with Gasteiger partial charge in [-0.2, -0.15) is 0 Å². The van der Waals surface area contributed by atoms with Crippen molar-refractivity contribution < 1.29 is 0 Å². The number of thiophene rings is 1. The number of nitrogens with zero attached hydrogens (tertiary/aromatic N) is 3. The van der Waals surface area contributed by atoms with Gasteiger partial charge < -0.3 is 15.2 Å². The quantitative estimate of drug-likeness (QED) is 0.447. The van der Waals surface area contributed by atoms with Gasteiger partial charge in [0.2, 0.25) is 0 Å². The zero-order chi connectivity index (χ0) is 15.6. The molecular formula is C16H25N5S. The molecule has 2 aromatic heterocycles. The first-order valence-electron chi connectivity index (χ1n) is 7.87. The first-order chi connectivity index (χ1) is 10.8. The summed E-state index contributed by atoms with van der Waals surface area (Å²) in [7, 11) is 0. The molecule has 0 aliphatic carbocycles. The topological polar surface area (TPSA) is 54.2 Å². The van der Waals surface area contributed by atoms with E-state index in [1.165, 1.54) is 9.75 Å². The van der Waals surface area contributed by atoms with Crippen LogP contribution >= 0.6 is 11.3 Å². The van der Waals surface area contributed by atoms with Crippen molar-refractivity contribution in [1.29, 1.82) is 0 Å². The number of imidazole rings is 1. The van der Waals surface area contributed by atoms with E-state index in [1.807, 2.05) is 30.1 Å². The van der Waals surface area contributed by atoms with Crippen LogP contribution in [0.1, 0.15) is 30.0 Å². The summed E-state index contributed by atoms with van der Waals surface area (Å²) in [6.45, 7) is 7.75. The predicted molar refractivity (Wildman–Crippen MR) is 93.4 cm³/mol. The lowest BCUT2D eigenvalue weighted by molar-refractivity contribution is 0.625. The van der Waals surface area contributed by atoms with E-state index in [0.717, 1.165) is 45.0 Å². The Hall–Kier alpha value is -1.82. The molecule has 0 amide bonds. The number of guanidine groups is 1. The van der Waals surface area contributed by atoms with Gasteiger partial charge in [-0.15, -0.1) is 11.3 Å². The largest absolute Gasteiger partial charge is 0.357 e. The van der Waals surface area contributed by atoms with Crippen molar-refractivity contribution in [3.05, 3.63) is 40.6 Å². The lowest BCUT2D eigenvalue weighted by Crippen LogP contribution is -2.38. The smallest absolute Gasteiger partial charge is 0.191 e. The number of aliphatic imine (C=N–C) groups is 1. The maximum atomic E-state index is 4.65. The minimum Gasteiger partial charge on any atom is -0.357 e. The van der Waals surface area contributed by atoms with Crippen molar-refractivity contribution in [3.63, 3.8) is 0 Å². The van der Waals surface area contributed by atoms with Crippen LogP contribution in [-0.4, -0.2) is 28.6 Å². The highest BCUT2D eigenvalue weighted by atomic mass is 32.1. The molecule has 0 saturated heterocycles. The van der Waals surface area contributed by atoms with Gasteiger partial charge in [0.1, 0.15) is 0 Å². The molecule has 2 rings (SSSR count). The Morgan fingerprint density at radius 3 is 2.82 bits per heavy atom. The van der Waals surface area contributed by atoms with Crippen molar-refractivity contribution in [2.75, 3.05) is 13.1 Å². The molecular weight excluding hydrogens is 294 g/mol. The minimum absolute atomic E-state index is 0.738. The highest BCUT2D eigenvalue weighted by Gasteiger charge is 2.00. The molecule has 0 fully saturated rings. The highest BCUT2D eigenvalue weighted by Crippen LogP contribution is 2.17. The SMILES string of the molecule is CCNC(=NCc1ccc(CC)s1)NCCCn1ccnc1. The molecule has 6 heteroatoms. The molecule has 0 aliphatic rings. The van der Waals surface area contributed by atoms with Gasteiger partial charge in [0, 0.05) is 41.8 Å². The Balaban J connectivity index is 1.76. The fourth-order valence-electron chi connectivity index (χ4n) is 2.08. The minimum atomic E-state index is 0.738. The average molecular weight is 319 g/mol. The van der Waals surface area contributed by atoms with E-state index in [9.17, 15) is 0 Å². The second-order valence-corrected chi connectivity index (χ2v) is 6.25. The van der Waals surface area contributed by atoms with Gasteiger partial charge in [0.15, 0.2) is 5.96 Å². The third-order valence-corrected chi connectivity index (χ3v) is 4.46. The van der Waals surface area contributed by atoms with Crippen LogP contribution in [0, 0.1) is 0 Å². The van der Waals surface area contributed by atoms with Crippen LogP contribution in [0.3, 0.4) is 0 Å². The van der Waals surface area contributed by atoms with Crippen LogP contribution in [0.4, 0.5) is 0 Å². The van der Waals surface area contributed by atoms with Crippen molar-refractivity contribution in [1.82, 2.24) is 20.2 Å². The molecule has 22 heavy (non-hydrogen) atoms. The lowest BCUT2D eigenvalue weighted by Gasteiger charge is -2.11. The first kappa shape index (κ1) is 16.5. The van der Waals surface area contributed by atoms with Gasteiger partial charge in [-0.3, -0.25) is 0 Å². The van der Waals surface area contributed by atoms with Crippen molar-refractivity contribution in [2.24, 2.45) is 4.99 Å². The molecule has 0 saturated carbocycles. The lowest BCUT2D eigenvalue weighted by atomic mass is 10.4. The number of rotatable bonds is 8. The third kappa shape index (κ3) is 5.52. The molecule has 0 bridgehead atoms. The van der Waals surface area contributed by atoms with E-state index >= 15 is 0 Å². The summed E-state index contributed by atoms with van der Waals surface area (Å²) in [5.41, 5.74) is 0. The van der Waals surface area contributed by atoms with Crippen molar-refractivity contribution in [2.45, 2.75) is 39.8 Å². The number of hydrogen-bond acceptors (Lipinski definition) is 3. The van der Waals surface area contributed by atoms with E-state index in [-0.39, 0.29) is 0 Å². The molecule has 0 aliphatic heterocycles. The zero-order valence-electron chi connectivity index (χ0n) is 13.4. The average Bonchev–Trinajstić information content (AvgIpc) is 3.20. The van der Waals surface area contributed by atoms with Gasteiger partial charge in [-0.25, -0.2) is 9.98 Å². The normalized spacial score (nSPS) is 11.6. The van der Waals surface area contributed by atoms with Gasteiger partial charge >= 0.3 is 0 Å². The monoisotopic (exact) mass is 319 g/mol. The maximum absolute atomic E-state index is 4.65. The summed E-state index contributed by atoms with van der Waals surface area (Å²) >= 11 is 1.85. The van der Waals surface area contributed by atoms with E-state index in [0.29, 0.717) is 0 Å². The second kappa shape index (κ2) is 9.25. The standard InChI is InChI=1S/C16H25N5S/c1-3-14-6-7-15(22-14)12-20-16(18-4-2)19-8-5-10-21-11-9-17-13-21/h6-7,9,11,13H,3-5,8,10,12H2,1-2H3,(H2,18,19,20). The van der Waals surface area contributed by atoms with E-state index in [1.54, 1.807) is 0 Å². The molecule has 0 aromatic carbocycles. The number of hydrogen-bond donors (Lipinski definition) is 2. The number of aryl methyl sites for hydroxylation is 2. The summed E-state index contributed by atoms with van der Waals surface area (Å²) in [5, 5.41) is 6.68. The van der Waals surface area contributed by atoms with Gasteiger partial charge in [0.05, 0.1) is 12.9 Å². The molecule has 5 nitrogen and oxygen atoms in total. The van der Waals surface area contributed by atoms with Crippen LogP contribution in [-0.2, 0) is 19.5 Å². The molecule has 0 radical (unpaired) electrons. The zero-order valence-corrected chi connectivity index (χ0v) is 14.2. The van der Waals surface area contributed by atoms with Crippen LogP contribution < -0.4 is 10.6 Å². The second-order valence-electron chi connectivity index (χ2n) is 5.00. The van der Waals surface area contributed by atoms with Crippen LogP contribution in [0.25, 0.3) is 0 Å².